The third-order valence-corrected chi connectivity index (χ3v) is 13.9. The number of unbranched alkanes of at least 4 members (excludes halogenated alkanes) is 25. The highest BCUT2D eigenvalue weighted by Gasteiger charge is 2.51. The van der Waals surface area contributed by atoms with E-state index in [4.69, 9.17) is 18.9 Å². The molecule has 9 N–H and O–H groups in total. The van der Waals surface area contributed by atoms with Crippen LogP contribution in [0, 0.1) is 0 Å². The molecule has 70 heavy (non-hydrogen) atoms. The molecule has 0 bridgehead atoms. The molecule has 0 aromatic carbocycles. The predicted octanol–water partition coefficient (Wildman–Crippen LogP) is 8.66. The van der Waals surface area contributed by atoms with Crippen LogP contribution in [0.4, 0.5) is 0 Å². The fourth-order valence-corrected chi connectivity index (χ4v) is 9.24. The maximum absolute atomic E-state index is 13.1. The molecule has 0 saturated carbocycles. The summed E-state index contributed by atoms with van der Waals surface area (Å²) in [7, 11) is 0. The molecule has 0 spiro atoms. The Morgan fingerprint density at radius 2 is 0.943 bits per heavy atom. The smallest absolute Gasteiger partial charge is 0.220 e. The van der Waals surface area contributed by atoms with E-state index in [1.54, 1.807) is 0 Å². The van der Waals surface area contributed by atoms with Crippen molar-refractivity contribution in [3.63, 3.8) is 0 Å². The van der Waals surface area contributed by atoms with Gasteiger partial charge >= 0.3 is 0 Å². The number of allylic oxidation sites excluding steroid dienone is 6. The monoisotopic (exact) mass is 998 g/mol. The zero-order valence-corrected chi connectivity index (χ0v) is 43.8. The van der Waals surface area contributed by atoms with Crippen LogP contribution in [0.15, 0.2) is 36.5 Å². The number of carbonyl (C=O) groups excluding carboxylic acids is 1. The first-order valence-corrected chi connectivity index (χ1v) is 28.2. The Kier molecular flexibility index (Phi) is 39.1. The zero-order valence-electron chi connectivity index (χ0n) is 43.8. The van der Waals surface area contributed by atoms with Crippen LogP contribution in [0.3, 0.4) is 0 Å². The summed E-state index contributed by atoms with van der Waals surface area (Å²) in [5.41, 5.74) is 0. The molecule has 0 aliphatic carbocycles. The molecule has 12 atom stereocenters. The lowest BCUT2D eigenvalue weighted by Gasteiger charge is -2.46. The van der Waals surface area contributed by atoms with Crippen molar-refractivity contribution in [1.29, 1.82) is 0 Å². The molecule has 14 heteroatoms. The van der Waals surface area contributed by atoms with E-state index >= 15 is 0 Å². The van der Waals surface area contributed by atoms with Gasteiger partial charge in [0.2, 0.25) is 5.91 Å². The van der Waals surface area contributed by atoms with Crippen LogP contribution >= 0.6 is 0 Å². The molecule has 0 radical (unpaired) electrons. The first kappa shape index (κ1) is 64.3. The fourth-order valence-electron chi connectivity index (χ4n) is 9.24. The Morgan fingerprint density at radius 1 is 0.514 bits per heavy atom. The molecular formula is C56H103NO13. The number of amides is 1. The van der Waals surface area contributed by atoms with Crippen LogP contribution in [-0.4, -0.2) is 140 Å². The van der Waals surface area contributed by atoms with Crippen LogP contribution in [0.25, 0.3) is 0 Å². The number of aliphatic hydroxyl groups is 8. The minimum absolute atomic E-state index is 0.214. The second kappa shape index (κ2) is 42.6. The van der Waals surface area contributed by atoms with E-state index in [9.17, 15) is 45.6 Å². The molecule has 12 unspecified atom stereocenters. The number of nitrogens with one attached hydrogen (secondary N) is 1. The van der Waals surface area contributed by atoms with Crippen LogP contribution in [0.2, 0.25) is 0 Å². The Labute approximate surface area is 423 Å². The Bertz CT molecular complexity index is 1320. The Balaban J connectivity index is 1.56. The van der Waals surface area contributed by atoms with Gasteiger partial charge in [-0.25, -0.2) is 0 Å². The molecule has 2 aliphatic heterocycles. The molecule has 0 aromatic rings. The van der Waals surface area contributed by atoms with Crippen molar-refractivity contribution in [2.24, 2.45) is 0 Å². The largest absolute Gasteiger partial charge is 0.394 e. The van der Waals surface area contributed by atoms with Gasteiger partial charge in [-0.1, -0.05) is 198 Å². The third-order valence-electron chi connectivity index (χ3n) is 13.9. The molecular weight excluding hydrogens is 895 g/mol. The van der Waals surface area contributed by atoms with E-state index in [2.05, 4.69) is 55.6 Å². The molecule has 14 nitrogen and oxygen atoms in total. The van der Waals surface area contributed by atoms with Crippen LogP contribution in [-0.2, 0) is 23.7 Å². The Hall–Kier alpha value is -1.79. The maximum Gasteiger partial charge on any atom is 0.220 e. The first-order valence-electron chi connectivity index (χ1n) is 28.2. The summed E-state index contributed by atoms with van der Waals surface area (Å²) in [5, 5.41) is 86.5. The van der Waals surface area contributed by atoms with Gasteiger partial charge < -0.3 is 65.1 Å². The molecule has 2 aliphatic rings. The molecule has 1 amide bonds. The van der Waals surface area contributed by atoms with Crippen molar-refractivity contribution in [3.8, 4) is 0 Å². The lowest BCUT2D eigenvalue weighted by atomic mass is 9.97. The summed E-state index contributed by atoms with van der Waals surface area (Å²) < 4.78 is 22.6. The predicted molar refractivity (Wildman–Crippen MR) is 277 cm³/mol. The summed E-state index contributed by atoms with van der Waals surface area (Å²) >= 11 is 0. The molecule has 410 valence electrons. The second-order valence-corrected chi connectivity index (χ2v) is 20.1. The van der Waals surface area contributed by atoms with Crippen molar-refractivity contribution in [3.05, 3.63) is 36.5 Å². The number of ether oxygens (including phenoxy) is 4. The van der Waals surface area contributed by atoms with Gasteiger partial charge in [-0.15, -0.1) is 0 Å². The number of carbonyl (C=O) groups is 1. The molecule has 2 rings (SSSR count). The number of hydrogen-bond donors (Lipinski definition) is 9. The van der Waals surface area contributed by atoms with E-state index in [0.717, 1.165) is 70.6 Å². The average molecular weight is 998 g/mol. The average Bonchev–Trinajstić information content (AvgIpc) is 3.36. The Morgan fingerprint density at radius 3 is 1.44 bits per heavy atom. The highest BCUT2D eigenvalue weighted by atomic mass is 16.7. The van der Waals surface area contributed by atoms with E-state index in [0.29, 0.717) is 12.8 Å². The first-order chi connectivity index (χ1) is 34.1. The van der Waals surface area contributed by atoms with Gasteiger partial charge in [0.1, 0.15) is 48.8 Å². The van der Waals surface area contributed by atoms with E-state index in [1.165, 1.54) is 122 Å². The van der Waals surface area contributed by atoms with Gasteiger partial charge in [0.05, 0.1) is 32.0 Å². The lowest BCUT2D eigenvalue weighted by Crippen LogP contribution is -2.65. The highest BCUT2D eigenvalue weighted by Crippen LogP contribution is 2.30. The third kappa shape index (κ3) is 28.6. The summed E-state index contributed by atoms with van der Waals surface area (Å²) in [5.74, 6) is -0.214. The van der Waals surface area contributed by atoms with Crippen molar-refractivity contribution >= 4 is 5.91 Å². The van der Waals surface area contributed by atoms with Gasteiger partial charge in [0.15, 0.2) is 12.6 Å². The fraction of sp³-hybridized carbons (Fsp3) is 0.875. The van der Waals surface area contributed by atoms with Gasteiger partial charge in [-0.3, -0.25) is 4.79 Å². The quantitative estimate of drug-likeness (QED) is 0.0206. The van der Waals surface area contributed by atoms with E-state index in [1.807, 2.05) is 0 Å². The lowest BCUT2D eigenvalue weighted by molar-refractivity contribution is -0.359. The number of rotatable bonds is 44. The highest BCUT2D eigenvalue weighted by molar-refractivity contribution is 5.76. The van der Waals surface area contributed by atoms with Crippen molar-refractivity contribution in [2.75, 3.05) is 19.8 Å². The molecule has 0 aromatic heterocycles. The minimum atomic E-state index is -1.78. The van der Waals surface area contributed by atoms with Crippen LogP contribution < -0.4 is 5.32 Å². The van der Waals surface area contributed by atoms with Gasteiger partial charge in [-0.05, 0) is 51.4 Å². The number of hydrogen-bond acceptors (Lipinski definition) is 13. The standard InChI is InChI=1S/C56H103NO13/c1-3-5-7-9-10-11-12-13-14-15-16-17-18-19-20-21-22-23-24-25-26-27-28-29-30-31-32-33-34-36-38-40-48(61)57-44(45(60)39-37-35-8-6-4-2)43-67-55-53(66)51(64)54(47(42-59)69-55)70-56-52(65)50(63)49(62)46(41-58)68-56/h12-13,15-16,18-19,44-47,49-56,58-60,62-66H,3-11,14,17,20-43H2,1-2H3,(H,57,61)/b13-12-,16-15-,19-18-. The summed E-state index contributed by atoms with van der Waals surface area (Å²) in [6.45, 7) is 2.74. The van der Waals surface area contributed by atoms with Crippen molar-refractivity contribution < 1.29 is 64.6 Å². The second-order valence-electron chi connectivity index (χ2n) is 20.1. The molecule has 2 saturated heterocycles. The van der Waals surface area contributed by atoms with Gasteiger partial charge in [0, 0.05) is 6.42 Å². The zero-order chi connectivity index (χ0) is 51.0. The van der Waals surface area contributed by atoms with E-state index < -0.39 is 86.8 Å². The molecule has 2 heterocycles. The summed E-state index contributed by atoms with van der Waals surface area (Å²) in [6, 6.07) is -0.824. The van der Waals surface area contributed by atoms with Crippen molar-refractivity contribution in [2.45, 2.75) is 293 Å². The minimum Gasteiger partial charge on any atom is -0.394 e. The summed E-state index contributed by atoms with van der Waals surface area (Å²) in [4.78, 5) is 13.1. The number of aliphatic hydroxyl groups excluding tert-OH is 8. The molecule has 2 fully saturated rings. The SMILES string of the molecule is CCCCCCC/C=C\C/C=C\C/C=C\CCCCCCCCCCCCCCCCCCC(=O)NC(COC1OC(CO)C(OC2OC(CO)C(O)C(O)C2O)C(O)C1O)C(O)CCCCCCC. The topological polar surface area (TPSA) is 228 Å². The van der Waals surface area contributed by atoms with Gasteiger partial charge in [-0.2, -0.15) is 0 Å². The van der Waals surface area contributed by atoms with Crippen LogP contribution in [0.1, 0.15) is 219 Å². The van der Waals surface area contributed by atoms with Crippen molar-refractivity contribution in [1.82, 2.24) is 5.32 Å². The van der Waals surface area contributed by atoms with Gasteiger partial charge in [0.25, 0.3) is 0 Å². The maximum atomic E-state index is 13.1. The summed E-state index contributed by atoms with van der Waals surface area (Å²) in [6.07, 6.45) is 33.8. The normalized spacial score (nSPS) is 26.2. The van der Waals surface area contributed by atoms with Crippen LogP contribution in [0.5, 0.6) is 0 Å². The van der Waals surface area contributed by atoms with E-state index in [-0.39, 0.29) is 12.5 Å².